The number of furan rings is 1. The van der Waals surface area contributed by atoms with Crippen LogP contribution in [0, 0.1) is 5.41 Å². The zero-order valence-corrected chi connectivity index (χ0v) is 12.5. The molecule has 2 fully saturated rings. The topological polar surface area (TPSA) is 51.9 Å². The Morgan fingerprint density at radius 1 is 1.57 bits per heavy atom. The summed E-state index contributed by atoms with van der Waals surface area (Å²) >= 11 is 0. The van der Waals surface area contributed by atoms with Gasteiger partial charge < -0.3 is 18.8 Å². The first-order valence-electron chi connectivity index (χ1n) is 7.76. The van der Waals surface area contributed by atoms with E-state index >= 15 is 0 Å². The molecule has 0 unspecified atom stereocenters. The third-order valence-corrected chi connectivity index (χ3v) is 4.64. The number of carbonyl (C=O) groups excluding carboxylic acids is 1. The minimum absolute atomic E-state index is 0.0450. The summed E-state index contributed by atoms with van der Waals surface area (Å²) in [5, 5.41) is 0. The second kappa shape index (κ2) is 6.20. The van der Waals surface area contributed by atoms with Crippen molar-refractivity contribution >= 4 is 5.91 Å². The van der Waals surface area contributed by atoms with E-state index in [1.807, 2.05) is 11.8 Å². The lowest BCUT2D eigenvalue weighted by Crippen LogP contribution is -2.58. The fourth-order valence-corrected chi connectivity index (χ4v) is 3.55. The van der Waals surface area contributed by atoms with Gasteiger partial charge in [-0.05, 0) is 32.3 Å². The molecule has 0 aliphatic carbocycles. The molecule has 2 atom stereocenters. The van der Waals surface area contributed by atoms with Crippen LogP contribution in [0.15, 0.2) is 23.0 Å². The molecule has 5 heteroatoms. The summed E-state index contributed by atoms with van der Waals surface area (Å²) in [7, 11) is 0. The van der Waals surface area contributed by atoms with Gasteiger partial charge in [0.2, 0.25) is 0 Å². The van der Waals surface area contributed by atoms with E-state index in [4.69, 9.17) is 13.9 Å². The average Bonchev–Trinajstić information content (AvgIpc) is 3.06. The van der Waals surface area contributed by atoms with Gasteiger partial charge in [-0.3, -0.25) is 4.79 Å². The molecule has 1 amide bonds. The minimum atomic E-state index is -0.0497. The van der Waals surface area contributed by atoms with Crippen molar-refractivity contribution in [3.8, 4) is 0 Å². The van der Waals surface area contributed by atoms with Gasteiger partial charge in [0.05, 0.1) is 24.5 Å². The lowest BCUT2D eigenvalue weighted by molar-refractivity contribution is -0.146. The van der Waals surface area contributed by atoms with Crippen molar-refractivity contribution in [2.75, 3.05) is 32.9 Å². The van der Waals surface area contributed by atoms with E-state index in [-0.39, 0.29) is 17.4 Å². The maximum Gasteiger partial charge on any atom is 0.257 e. The number of likely N-dealkylation sites (tertiary alicyclic amines) is 1. The Hall–Kier alpha value is -1.33. The van der Waals surface area contributed by atoms with Crippen molar-refractivity contribution in [1.82, 2.24) is 4.90 Å². The zero-order valence-electron chi connectivity index (χ0n) is 12.5. The summed E-state index contributed by atoms with van der Waals surface area (Å²) in [6.45, 7) is 5.65. The number of fused-ring (bicyclic) bond motifs is 1. The molecule has 1 aromatic heterocycles. The maximum atomic E-state index is 12.5. The highest BCUT2D eigenvalue weighted by Crippen LogP contribution is 2.40. The van der Waals surface area contributed by atoms with Crippen LogP contribution in [0.25, 0.3) is 0 Å². The van der Waals surface area contributed by atoms with Gasteiger partial charge in [0.15, 0.2) is 0 Å². The van der Waals surface area contributed by atoms with E-state index in [1.54, 1.807) is 12.3 Å². The molecule has 2 saturated heterocycles. The van der Waals surface area contributed by atoms with Gasteiger partial charge in [0.1, 0.15) is 6.26 Å². The average molecular weight is 293 g/mol. The molecule has 116 valence electrons. The highest BCUT2D eigenvalue weighted by molar-refractivity contribution is 5.93. The van der Waals surface area contributed by atoms with Gasteiger partial charge in [-0.15, -0.1) is 0 Å². The Morgan fingerprint density at radius 2 is 2.48 bits per heavy atom. The molecule has 2 aliphatic rings. The van der Waals surface area contributed by atoms with Gasteiger partial charge >= 0.3 is 0 Å². The van der Waals surface area contributed by atoms with Gasteiger partial charge in [-0.25, -0.2) is 0 Å². The number of piperidine rings is 1. The predicted octanol–water partition coefficient (Wildman–Crippen LogP) is 2.33. The van der Waals surface area contributed by atoms with Crippen molar-refractivity contribution in [1.29, 1.82) is 0 Å². The Kier molecular flexibility index (Phi) is 4.31. The van der Waals surface area contributed by atoms with E-state index in [2.05, 4.69) is 0 Å². The van der Waals surface area contributed by atoms with Crippen molar-refractivity contribution in [2.24, 2.45) is 5.41 Å². The molecule has 0 N–H and O–H groups in total. The molecule has 21 heavy (non-hydrogen) atoms. The largest absolute Gasteiger partial charge is 0.472 e. The molecule has 1 aromatic rings. The number of carbonyl (C=O) groups is 1. The van der Waals surface area contributed by atoms with Crippen LogP contribution in [0.2, 0.25) is 0 Å². The van der Waals surface area contributed by atoms with Crippen LogP contribution in [0.5, 0.6) is 0 Å². The van der Waals surface area contributed by atoms with Crippen molar-refractivity contribution < 1.29 is 18.7 Å². The second-order valence-corrected chi connectivity index (χ2v) is 5.99. The molecular formula is C16H23NO4. The first-order valence-corrected chi connectivity index (χ1v) is 7.76. The standard InChI is InChI=1S/C16H23NO4/c1-2-19-12-16-6-3-8-21-14(16)4-7-17(11-16)15(18)13-5-9-20-10-13/h5,9-10,14H,2-4,6-8,11-12H2,1H3/t14-,16-/m0/s1. The monoisotopic (exact) mass is 293 g/mol. The smallest absolute Gasteiger partial charge is 0.257 e. The maximum absolute atomic E-state index is 12.5. The number of hydrogen-bond donors (Lipinski definition) is 0. The number of ether oxygens (including phenoxy) is 2. The Bertz CT molecular complexity index is 473. The molecule has 0 saturated carbocycles. The van der Waals surface area contributed by atoms with Crippen LogP contribution in [0.1, 0.15) is 36.5 Å². The van der Waals surface area contributed by atoms with Crippen LogP contribution in [0.4, 0.5) is 0 Å². The fourth-order valence-electron chi connectivity index (χ4n) is 3.55. The summed E-state index contributed by atoms with van der Waals surface area (Å²) in [6.07, 6.45) is 6.26. The summed E-state index contributed by atoms with van der Waals surface area (Å²) in [5.74, 6) is 0.0450. The third kappa shape index (κ3) is 2.85. The van der Waals surface area contributed by atoms with Crippen LogP contribution in [-0.2, 0) is 9.47 Å². The van der Waals surface area contributed by atoms with E-state index < -0.39 is 0 Å². The molecule has 0 bridgehead atoms. The molecule has 0 aromatic carbocycles. The summed E-state index contributed by atoms with van der Waals surface area (Å²) in [5.41, 5.74) is 0.572. The third-order valence-electron chi connectivity index (χ3n) is 4.64. The van der Waals surface area contributed by atoms with Gasteiger partial charge in [0.25, 0.3) is 5.91 Å². The highest BCUT2D eigenvalue weighted by atomic mass is 16.5. The number of nitrogens with zero attached hydrogens (tertiary/aromatic N) is 1. The summed E-state index contributed by atoms with van der Waals surface area (Å²) < 4.78 is 16.7. The van der Waals surface area contributed by atoms with Crippen molar-refractivity contribution in [3.63, 3.8) is 0 Å². The summed E-state index contributed by atoms with van der Waals surface area (Å²) in [6, 6.07) is 1.72. The normalized spacial score (nSPS) is 29.2. The number of hydrogen-bond acceptors (Lipinski definition) is 4. The molecule has 3 rings (SSSR count). The Labute approximate surface area is 125 Å². The quantitative estimate of drug-likeness (QED) is 0.855. The fraction of sp³-hybridized carbons (Fsp3) is 0.688. The Morgan fingerprint density at radius 3 is 3.24 bits per heavy atom. The highest BCUT2D eigenvalue weighted by Gasteiger charge is 2.47. The van der Waals surface area contributed by atoms with Crippen LogP contribution < -0.4 is 0 Å². The summed E-state index contributed by atoms with van der Waals surface area (Å²) in [4.78, 5) is 14.5. The van der Waals surface area contributed by atoms with Gasteiger partial charge in [-0.2, -0.15) is 0 Å². The molecule has 5 nitrogen and oxygen atoms in total. The lowest BCUT2D eigenvalue weighted by Gasteiger charge is -2.50. The SMILES string of the molecule is CCOC[C@@]12CCCO[C@H]1CCN(C(=O)c1ccoc1)C2. The molecule has 0 spiro atoms. The van der Waals surface area contributed by atoms with Gasteiger partial charge in [-0.1, -0.05) is 0 Å². The molecule has 0 radical (unpaired) electrons. The van der Waals surface area contributed by atoms with E-state index in [1.165, 1.54) is 6.26 Å². The van der Waals surface area contributed by atoms with E-state index in [0.29, 0.717) is 25.3 Å². The van der Waals surface area contributed by atoms with Crippen LogP contribution in [0.3, 0.4) is 0 Å². The van der Waals surface area contributed by atoms with Crippen molar-refractivity contribution in [3.05, 3.63) is 24.2 Å². The minimum Gasteiger partial charge on any atom is -0.472 e. The first kappa shape index (κ1) is 14.6. The first-order chi connectivity index (χ1) is 10.2. The van der Waals surface area contributed by atoms with E-state index in [0.717, 1.165) is 32.4 Å². The van der Waals surface area contributed by atoms with E-state index in [9.17, 15) is 4.79 Å². The number of amides is 1. The Balaban J connectivity index is 1.76. The molecule has 3 heterocycles. The molecule has 2 aliphatic heterocycles. The molecular weight excluding hydrogens is 270 g/mol. The number of rotatable bonds is 4. The van der Waals surface area contributed by atoms with Crippen LogP contribution >= 0.6 is 0 Å². The van der Waals surface area contributed by atoms with Crippen molar-refractivity contribution in [2.45, 2.75) is 32.3 Å². The second-order valence-electron chi connectivity index (χ2n) is 5.99. The lowest BCUT2D eigenvalue weighted by atomic mass is 9.73. The van der Waals surface area contributed by atoms with Gasteiger partial charge in [0, 0.05) is 31.7 Å². The predicted molar refractivity (Wildman–Crippen MR) is 77.1 cm³/mol. The van der Waals surface area contributed by atoms with Crippen LogP contribution in [-0.4, -0.2) is 49.8 Å². The zero-order chi connectivity index (χ0) is 14.7.